The Kier molecular flexibility index (Phi) is 5.24. The Morgan fingerprint density at radius 1 is 1.12 bits per heavy atom. The van der Waals surface area contributed by atoms with Crippen LogP contribution >= 0.6 is 0 Å². The second kappa shape index (κ2) is 8.22. The maximum absolute atomic E-state index is 12.8. The number of aryl methyl sites for hydroxylation is 1. The van der Waals surface area contributed by atoms with Gasteiger partial charge in [-0.15, -0.1) is 0 Å². The number of hydrogen-bond acceptors (Lipinski definition) is 5. The fourth-order valence-corrected chi connectivity index (χ4v) is 5.16. The fourth-order valence-electron chi connectivity index (χ4n) is 5.16. The summed E-state index contributed by atoms with van der Waals surface area (Å²) in [5.74, 6) is 2.49. The van der Waals surface area contributed by atoms with Crippen LogP contribution in [-0.2, 0) is 16.1 Å². The van der Waals surface area contributed by atoms with E-state index in [1.54, 1.807) is 13.2 Å². The summed E-state index contributed by atoms with van der Waals surface area (Å²) < 4.78 is 1.92. The molecule has 3 aliphatic rings. The van der Waals surface area contributed by atoms with Crippen LogP contribution in [0.4, 0.5) is 0 Å². The number of hydrogen-bond donors (Lipinski definition) is 2. The van der Waals surface area contributed by atoms with Gasteiger partial charge in [0.25, 0.3) is 0 Å². The highest BCUT2D eigenvalue weighted by Gasteiger charge is 2.58. The van der Waals surface area contributed by atoms with Gasteiger partial charge in [-0.2, -0.15) is 0 Å². The molecule has 1 saturated heterocycles. The monoisotopic (exact) mass is 433 g/mol. The third-order valence-corrected chi connectivity index (χ3v) is 6.75. The van der Waals surface area contributed by atoms with Crippen LogP contribution < -0.4 is 10.6 Å². The summed E-state index contributed by atoms with van der Waals surface area (Å²) in [5, 5.41) is 6.44. The second-order valence-corrected chi connectivity index (χ2v) is 8.55. The molecule has 9 heteroatoms. The molecule has 2 aromatic heterocycles. The van der Waals surface area contributed by atoms with Gasteiger partial charge in [0, 0.05) is 45.3 Å². The van der Waals surface area contributed by atoms with Gasteiger partial charge in [0.1, 0.15) is 11.6 Å². The van der Waals surface area contributed by atoms with Crippen molar-refractivity contribution in [2.75, 3.05) is 20.1 Å². The average Bonchev–Trinajstić information content (AvgIpc) is 3.57. The van der Waals surface area contributed by atoms with E-state index >= 15 is 0 Å². The van der Waals surface area contributed by atoms with Crippen molar-refractivity contribution in [2.24, 2.45) is 28.7 Å². The number of imidazole rings is 1. The highest BCUT2D eigenvalue weighted by molar-refractivity contribution is 6.06. The molecule has 5 rings (SSSR count). The van der Waals surface area contributed by atoms with Gasteiger partial charge in [-0.3, -0.25) is 24.0 Å². The predicted molar refractivity (Wildman–Crippen MR) is 119 cm³/mol. The summed E-state index contributed by atoms with van der Waals surface area (Å²) in [5.41, 5.74) is 1.01. The minimum atomic E-state index is -0.142. The maximum Gasteiger partial charge on any atom is 0.233 e. The van der Waals surface area contributed by atoms with Gasteiger partial charge in [-0.1, -0.05) is 18.2 Å². The van der Waals surface area contributed by atoms with Crippen molar-refractivity contribution in [2.45, 2.75) is 19.9 Å². The standard InChI is InChI=1S/C23H27N7O2/c1-14-25-7-9-29(14)18-6-3-15(12-27-18)13-28-23(24-2)26-8-10-30-21(31)19-16-4-5-17(11-16)20(19)22(30)32/h3-7,9,12,16-17,19-20H,8,10-11,13H2,1-2H3,(H2,24,26,28). The minimum Gasteiger partial charge on any atom is -0.355 e. The Balaban J connectivity index is 1.11. The zero-order chi connectivity index (χ0) is 22.2. The lowest BCUT2D eigenvalue weighted by Gasteiger charge is -2.18. The number of allylic oxidation sites excluding steroid dienone is 2. The summed E-state index contributed by atoms with van der Waals surface area (Å²) in [6.07, 6.45) is 10.6. The zero-order valence-corrected chi connectivity index (χ0v) is 18.2. The summed E-state index contributed by atoms with van der Waals surface area (Å²) in [4.78, 5) is 39.9. The lowest BCUT2D eigenvalue weighted by Crippen LogP contribution is -2.43. The zero-order valence-electron chi connectivity index (χ0n) is 18.2. The Bertz CT molecular complexity index is 1060. The molecule has 0 spiro atoms. The van der Waals surface area contributed by atoms with Crippen LogP contribution in [0.25, 0.3) is 5.82 Å². The quantitative estimate of drug-likeness (QED) is 0.305. The second-order valence-electron chi connectivity index (χ2n) is 8.55. The van der Waals surface area contributed by atoms with E-state index in [2.05, 4.69) is 37.7 Å². The van der Waals surface area contributed by atoms with Crippen LogP contribution in [0, 0.1) is 30.6 Å². The number of nitrogens with one attached hydrogen (secondary N) is 2. The molecule has 32 heavy (non-hydrogen) atoms. The van der Waals surface area contributed by atoms with Crippen LogP contribution in [0.1, 0.15) is 17.8 Å². The van der Waals surface area contributed by atoms with Crippen molar-refractivity contribution in [1.82, 2.24) is 30.1 Å². The summed E-state index contributed by atoms with van der Waals surface area (Å²) in [6, 6.07) is 3.95. The number of aliphatic imine (C=N–C) groups is 1. The fraction of sp³-hybridized carbons (Fsp3) is 0.435. The molecule has 2 aliphatic carbocycles. The Hall–Kier alpha value is -3.49. The lowest BCUT2D eigenvalue weighted by atomic mass is 9.85. The molecule has 4 unspecified atom stereocenters. The van der Waals surface area contributed by atoms with Gasteiger partial charge in [-0.25, -0.2) is 9.97 Å². The third-order valence-electron chi connectivity index (χ3n) is 6.75. The van der Waals surface area contributed by atoms with E-state index in [1.165, 1.54) is 4.90 Å². The van der Waals surface area contributed by atoms with Crippen LogP contribution in [0.5, 0.6) is 0 Å². The van der Waals surface area contributed by atoms with Crippen LogP contribution in [0.3, 0.4) is 0 Å². The number of guanidine groups is 1. The first-order valence-corrected chi connectivity index (χ1v) is 11.0. The van der Waals surface area contributed by atoms with Gasteiger partial charge < -0.3 is 10.6 Å². The number of rotatable bonds is 6. The SMILES string of the molecule is CN=C(NCCN1C(=O)C2C3C=CC(C3)C2C1=O)NCc1ccc(-n2ccnc2C)nc1. The molecule has 2 N–H and O–H groups in total. The largest absolute Gasteiger partial charge is 0.355 e. The van der Waals surface area contributed by atoms with Crippen molar-refractivity contribution in [3.05, 3.63) is 54.3 Å². The number of amides is 2. The molecular weight excluding hydrogens is 406 g/mol. The average molecular weight is 434 g/mol. The predicted octanol–water partition coefficient (Wildman–Crippen LogP) is 1.05. The number of fused-ring (bicyclic) bond motifs is 5. The third kappa shape index (κ3) is 3.47. The van der Waals surface area contributed by atoms with Crippen molar-refractivity contribution < 1.29 is 9.59 Å². The van der Waals surface area contributed by atoms with E-state index < -0.39 is 0 Å². The first-order chi connectivity index (χ1) is 15.6. The van der Waals surface area contributed by atoms with E-state index in [9.17, 15) is 9.59 Å². The number of aromatic nitrogens is 3. The molecule has 4 atom stereocenters. The normalized spacial score (nSPS) is 26.2. The first kappa shape index (κ1) is 20.4. The molecular formula is C23H27N7O2. The Labute approximate surface area is 186 Å². The first-order valence-electron chi connectivity index (χ1n) is 11.0. The number of carbonyl (C=O) groups excluding carboxylic acids is 2. The van der Waals surface area contributed by atoms with E-state index in [0.717, 1.165) is 23.6 Å². The van der Waals surface area contributed by atoms with Gasteiger partial charge in [0.15, 0.2) is 5.96 Å². The van der Waals surface area contributed by atoms with Crippen molar-refractivity contribution in [3.8, 4) is 5.82 Å². The molecule has 0 aromatic carbocycles. The van der Waals surface area contributed by atoms with E-state index in [1.807, 2.05) is 36.0 Å². The number of likely N-dealkylation sites (tertiary alicyclic amines) is 1. The van der Waals surface area contributed by atoms with Crippen LogP contribution in [-0.4, -0.2) is 57.3 Å². The van der Waals surface area contributed by atoms with E-state index in [-0.39, 0.29) is 35.5 Å². The number of imide groups is 1. The van der Waals surface area contributed by atoms with Crippen molar-refractivity contribution in [1.29, 1.82) is 0 Å². The van der Waals surface area contributed by atoms with Crippen molar-refractivity contribution >= 4 is 17.8 Å². The number of nitrogens with zero attached hydrogens (tertiary/aromatic N) is 5. The van der Waals surface area contributed by atoms with Gasteiger partial charge in [0.05, 0.1) is 11.8 Å². The summed E-state index contributed by atoms with van der Waals surface area (Å²) >= 11 is 0. The van der Waals surface area contributed by atoms with Gasteiger partial charge in [0.2, 0.25) is 11.8 Å². The molecule has 2 fully saturated rings. The number of carbonyl (C=O) groups is 2. The molecule has 1 aliphatic heterocycles. The smallest absolute Gasteiger partial charge is 0.233 e. The molecule has 9 nitrogen and oxygen atoms in total. The minimum absolute atomic E-state index is 0.0131. The van der Waals surface area contributed by atoms with Crippen LogP contribution in [0.15, 0.2) is 47.9 Å². The highest BCUT2D eigenvalue weighted by Crippen LogP contribution is 2.52. The molecule has 2 amide bonds. The molecule has 2 aromatic rings. The molecule has 0 radical (unpaired) electrons. The van der Waals surface area contributed by atoms with Gasteiger partial charge in [-0.05, 0) is 36.8 Å². The summed E-state index contributed by atoms with van der Waals surface area (Å²) in [6.45, 7) is 3.29. The Morgan fingerprint density at radius 2 is 1.88 bits per heavy atom. The highest BCUT2D eigenvalue weighted by atomic mass is 16.2. The van der Waals surface area contributed by atoms with E-state index in [0.29, 0.717) is 25.6 Å². The Morgan fingerprint density at radius 3 is 2.47 bits per heavy atom. The number of pyridine rings is 1. The molecule has 1 saturated carbocycles. The van der Waals surface area contributed by atoms with Crippen LogP contribution in [0.2, 0.25) is 0 Å². The topological polar surface area (TPSA) is 105 Å². The molecule has 3 heterocycles. The van der Waals surface area contributed by atoms with Crippen molar-refractivity contribution in [3.63, 3.8) is 0 Å². The maximum atomic E-state index is 12.8. The molecule has 166 valence electrons. The van der Waals surface area contributed by atoms with Gasteiger partial charge >= 0.3 is 0 Å². The van der Waals surface area contributed by atoms with E-state index in [4.69, 9.17) is 0 Å². The molecule has 2 bridgehead atoms. The summed E-state index contributed by atoms with van der Waals surface area (Å²) in [7, 11) is 1.69. The lowest BCUT2D eigenvalue weighted by molar-refractivity contribution is -0.140.